The molecule has 0 saturated carbocycles. The van der Waals surface area contributed by atoms with Crippen LogP contribution in [0.25, 0.3) is 20.7 Å². The van der Waals surface area contributed by atoms with E-state index < -0.39 is 12.1 Å². The van der Waals surface area contributed by atoms with Crippen molar-refractivity contribution in [3.63, 3.8) is 0 Å². The fourth-order valence-corrected chi connectivity index (χ4v) is 4.36. The third kappa shape index (κ3) is 5.55. The van der Waals surface area contributed by atoms with Crippen LogP contribution in [0.15, 0.2) is 28.7 Å². The SMILES string of the molecule is NCc1nnc(Cc2nc3ccc(-c4ccc(Cl)s4)c(F)c3s2)o1.O=C(O)C(F)(F)F. The van der Waals surface area contributed by atoms with E-state index in [9.17, 15) is 17.6 Å². The minimum atomic E-state index is -5.08. The normalized spacial score (nSPS) is 11.4. The number of carboxylic acids is 1. The summed E-state index contributed by atoms with van der Waals surface area (Å²) in [5, 5.41) is 15.5. The number of carbonyl (C=O) groups is 1. The molecule has 0 atom stereocenters. The summed E-state index contributed by atoms with van der Waals surface area (Å²) in [7, 11) is 0. The van der Waals surface area contributed by atoms with Crippen molar-refractivity contribution in [3.8, 4) is 10.4 Å². The fraction of sp³-hybridized carbons (Fsp3) is 0.176. The highest BCUT2D eigenvalue weighted by molar-refractivity contribution is 7.20. The Morgan fingerprint density at radius 2 is 1.84 bits per heavy atom. The monoisotopic (exact) mass is 494 g/mol. The van der Waals surface area contributed by atoms with Crippen LogP contribution in [-0.4, -0.2) is 32.4 Å². The number of halogens is 5. The van der Waals surface area contributed by atoms with Crippen molar-refractivity contribution < 1.29 is 31.9 Å². The highest BCUT2D eigenvalue weighted by Gasteiger charge is 2.38. The van der Waals surface area contributed by atoms with E-state index in [1.807, 2.05) is 6.07 Å². The van der Waals surface area contributed by atoms with Gasteiger partial charge in [0.25, 0.3) is 0 Å². The maximum Gasteiger partial charge on any atom is 0.490 e. The second kappa shape index (κ2) is 9.26. The van der Waals surface area contributed by atoms with Crippen molar-refractivity contribution in [2.75, 3.05) is 0 Å². The summed E-state index contributed by atoms with van der Waals surface area (Å²) < 4.78 is 53.1. The molecule has 0 saturated heterocycles. The predicted molar refractivity (Wildman–Crippen MR) is 107 cm³/mol. The first kappa shape index (κ1) is 23.1. The molecular formula is C17H11ClF4N4O3S2. The van der Waals surface area contributed by atoms with Crippen LogP contribution in [0, 0.1) is 5.82 Å². The number of benzene rings is 1. The average Bonchev–Trinajstić information content (AvgIpc) is 3.42. The fourth-order valence-electron chi connectivity index (χ4n) is 2.30. The van der Waals surface area contributed by atoms with Crippen molar-refractivity contribution >= 4 is 50.5 Å². The molecule has 0 spiro atoms. The summed E-state index contributed by atoms with van der Waals surface area (Å²) >= 11 is 8.56. The van der Waals surface area contributed by atoms with E-state index in [0.717, 1.165) is 4.88 Å². The number of aliphatic carboxylic acids is 1. The lowest BCUT2D eigenvalue weighted by Crippen LogP contribution is -2.21. The number of rotatable bonds is 4. The number of alkyl halides is 3. The zero-order chi connectivity index (χ0) is 22.8. The van der Waals surface area contributed by atoms with Gasteiger partial charge in [-0.15, -0.1) is 32.9 Å². The molecule has 0 fully saturated rings. The summed E-state index contributed by atoms with van der Waals surface area (Å²) in [6.07, 6.45) is -4.73. The first-order valence-corrected chi connectivity index (χ1v) is 10.2. The van der Waals surface area contributed by atoms with Crippen molar-refractivity contribution in [2.24, 2.45) is 5.73 Å². The van der Waals surface area contributed by atoms with Crippen molar-refractivity contribution in [1.82, 2.24) is 15.2 Å². The first-order chi connectivity index (χ1) is 14.6. The summed E-state index contributed by atoms with van der Waals surface area (Å²) in [5.74, 6) is -2.26. The van der Waals surface area contributed by atoms with Crippen molar-refractivity contribution in [2.45, 2.75) is 19.1 Å². The molecule has 3 N–H and O–H groups in total. The third-order valence-electron chi connectivity index (χ3n) is 3.61. The Kier molecular flexibility index (Phi) is 6.89. The van der Waals surface area contributed by atoms with Gasteiger partial charge in [-0.3, -0.25) is 0 Å². The number of aromatic nitrogens is 3. The Labute approximate surface area is 184 Å². The van der Waals surface area contributed by atoms with Gasteiger partial charge in [0.15, 0.2) is 5.82 Å². The number of nitrogens with zero attached hydrogens (tertiary/aromatic N) is 3. The molecule has 164 valence electrons. The lowest BCUT2D eigenvalue weighted by atomic mass is 10.1. The van der Waals surface area contributed by atoms with Gasteiger partial charge >= 0.3 is 12.1 Å². The van der Waals surface area contributed by atoms with Gasteiger partial charge in [-0.05, 0) is 24.3 Å². The number of fused-ring (bicyclic) bond motifs is 1. The number of nitrogens with two attached hydrogens (primary N) is 1. The van der Waals surface area contributed by atoms with Crippen LogP contribution >= 0.6 is 34.3 Å². The molecule has 1 aromatic carbocycles. The van der Waals surface area contributed by atoms with E-state index in [-0.39, 0.29) is 12.4 Å². The molecule has 31 heavy (non-hydrogen) atoms. The number of thiazole rings is 1. The minimum absolute atomic E-state index is 0.189. The molecule has 0 radical (unpaired) electrons. The van der Waals surface area contributed by atoms with Gasteiger partial charge in [0.1, 0.15) is 5.01 Å². The number of hydrogen-bond donors (Lipinski definition) is 2. The minimum Gasteiger partial charge on any atom is -0.475 e. The Balaban J connectivity index is 0.000000339. The zero-order valence-corrected chi connectivity index (χ0v) is 17.5. The molecule has 4 aromatic rings. The molecule has 3 aromatic heterocycles. The molecule has 7 nitrogen and oxygen atoms in total. The lowest BCUT2D eigenvalue weighted by molar-refractivity contribution is -0.192. The Morgan fingerprint density at radius 1 is 1.16 bits per heavy atom. The summed E-state index contributed by atoms with van der Waals surface area (Å²) in [6, 6.07) is 7.10. The van der Waals surface area contributed by atoms with Gasteiger partial charge < -0.3 is 15.3 Å². The quantitative estimate of drug-likeness (QED) is 0.388. The Morgan fingerprint density at radius 3 is 2.39 bits per heavy atom. The molecule has 0 aliphatic heterocycles. The van der Waals surface area contributed by atoms with E-state index in [0.29, 0.717) is 43.3 Å². The van der Waals surface area contributed by atoms with E-state index >= 15 is 0 Å². The van der Waals surface area contributed by atoms with Crippen LogP contribution in [0.4, 0.5) is 17.6 Å². The van der Waals surface area contributed by atoms with E-state index in [1.165, 1.54) is 22.7 Å². The summed E-state index contributed by atoms with van der Waals surface area (Å²) in [5.41, 5.74) is 6.58. The van der Waals surface area contributed by atoms with Crippen molar-refractivity contribution in [1.29, 1.82) is 0 Å². The molecule has 0 unspecified atom stereocenters. The summed E-state index contributed by atoms with van der Waals surface area (Å²) in [4.78, 5) is 14.1. The smallest absolute Gasteiger partial charge is 0.475 e. The first-order valence-electron chi connectivity index (χ1n) is 8.23. The number of carboxylic acid groups (broad SMARTS) is 1. The Hall–Kier alpha value is -2.61. The summed E-state index contributed by atoms with van der Waals surface area (Å²) in [6.45, 7) is 0.189. The van der Waals surface area contributed by atoms with Crippen LogP contribution in [0.3, 0.4) is 0 Å². The number of hydrogen-bond acceptors (Lipinski definition) is 8. The highest BCUT2D eigenvalue weighted by Crippen LogP contribution is 2.37. The van der Waals surface area contributed by atoms with Crippen LogP contribution in [-0.2, 0) is 17.8 Å². The molecule has 0 aliphatic carbocycles. The molecule has 14 heteroatoms. The van der Waals surface area contributed by atoms with Gasteiger partial charge in [0, 0.05) is 10.4 Å². The molecule has 3 heterocycles. The van der Waals surface area contributed by atoms with Gasteiger partial charge in [-0.2, -0.15) is 13.2 Å². The molecule has 0 bridgehead atoms. The van der Waals surface area contributed by atoms with Gasteiger partial charge in [0.2, 0.25) is 11.8 Å². The Bertz CT molecular complexity index is 1220. The van der Waals surface area contributed by atoms with Crippen LogP contribution < -0.4 is 5.73 Å². The second-order valence-corrected chi connectivity index (χ2v) is 8.56. The van der Waals surface area contributed by atoms with Crippen LogP contribution in [0.5, 0.6) is 0 Å². The molecule has 0 amide bonds. The largest absolute Gasteiger partial charge is 0.490 e. The van der Waals surface area contributed by atoms with Gasteiger partial charge in [-0.25, -0.2) is 14.2 Å². The van der Waals surface area contributed by atoms with Crippen molar-refractivity contribution in [3.05, 3.63) is 51.2 Å². The molecule has 0 aliphatic rings. The predicted octanol–water partition coefficient (Wildman–Crippen LogP) is 4.88. The maximum absolute atomic E-state index is 14.8. The number of thiophene rings is 1. The molecular weight excluding hydrogens is 484 g/mol. The van der Waals surface area contributed by atoms with E-state index in [2.05, 4.69) is 15.2 Å². The average molecular weight is 495 g/mol. The van der Waals surface area contributed by atoms with Gasteiger partial charge in [-0.1, -0.05) is 11.6 Å². The maximum atomic E-state index is 14.8. The standard InChI is InChI=1S/C15H10ClFN4OS2.C2HF3O2/c16-10-4-3-9(23-10)7-1-2-8-15(14(7)17)24-13(19-8)5-11-20-21-12(6-18)22-11;3-2(4,5)1(6)7/h1-4H,5-6,18H2;(H,6,7). The lowest BCUT2D eigenvalue weighted by Gasteiger charge is -2.00. The highest BCUT2D eigenvalue weighted by atomic mass is 35.5. The van der Waals surface area contributed by atoms with Crippen LogP contribution in [0.2, 0.25) is 4.34 Å². The zero-order valence-electron chi connectivity index (χ0n) is 15.1. The third-order valence-corrected chi connectivity index (χ3v) is 5.94. The van der Waals surface area contributed by atoms with Gasteiger partial charge in [0.05, 0.1) is 27.5 Å². The van der Waals surface area contributed by atoms with E-state index in [4.69, 9.17) is 31.7 Å². The molecule has 4 rings (SSSR count). The topological polar surface area (TPSA) is 115 Å². The second-order valence-electron chi connectivity index (χ2n) is 5.76. The van der Waals surface area contributed by atoms with Crippen LogP contribution in [0.1, 0.15) is 16.8 Å². The van der Waals surface area contributed by atoms with E-state index in [1.54, 1.807) is 18.2 Å².